The number of rotatable bonds is 1. The lowest BCUT2D eigenvalue weighted by atomic mass is 9.94. The Morgan fingerprint density at radius 2 is 1.90 bits per heavy atom. The van der Waals surface area contributed by atoms with E-state index in [0.717, 1.165) is 36.4 Å². The molecule has 4 nitrogen and oxygen atoms in total. The van der Waals surface area contributed by atoms with Crippen LogP contribution in [0, 0.1) is 0 Å². The van der Waals surface area contributed by atoms with Crippen LogP contribution in [0.5, 0.6) is 0 Å². The molecule has 1 aromatic heterocycles. The molecule has 2 aromatic rings. The Hall–Kier alpha value is -0.620. The van der Waals surface area contributed by atoms with E-state index in [-0.39, 0.29) is 5.54 Å². The molecule has 0 bridgehead atoms. The minimum Gasteiger partial charge on any atom is -0.365 e. The second-order valence-electron chi connectivity index (χ2n) is 5.99. The van der Waals surface area contributed by atoms with Crippen molar-refractivity contribution in [3.8, 4) is 0 Å². The SMILES string of the molecule is Clc1cc(Cl)c2nsnc2c1N1CCNC2(CCCC2)C1. The lowest BCUT2D eigenvalue weighted by molar-refractivity contribution is 0.304. The third-order valence-electron chi connectivity index (χ3n) is 4.67. The molecule has 1 N–H and O–H groups in total. The number of aromatic nitrogens is 2. The fourth-order valence-corrected chi connectivity index (χ4v) is 4.92. The van der Waals surface area contributed by atoms with Crippen LogP contribution in [0.25, 0.3) is 11.0 Å². The normalized spacial score (nSPS) is 21.5. The summed E-state index contributed by atoms with van der Waals surface area (Å²) >= 11 is 13.9. The number of hydrogen-bond donors (Lipinski definition) is 1. The Bertz CT molecular complexity index is 681. The summed E-state index contributed by atoms with van der Waals surface area (Å²) in [6.07, 6.45) is 5.10. The smallest absolute Gasteiger partial charge is 0.131 e. The predicted octanol–water partition coefficient (Wildman–Crippen LogP) is 3.72. The van der Waals surface area contributed by atoms with E-state index in [0.29, 0.717) is 10.0 Å². The fraction of sp³-hybridized carbons (Fsp3) is 0.571. The topological polar surface area (TPSA) is 41.1 Å². The van der Waals surface area contributed by atoms with E-state index in [9.17, 15) is 0 Å². The molecular formula is C14H16Cl2N4S. The first-order chi connectivity index (χ1) is 10.2. The van der Waals surface area contributed by atoms with E-state index < -0.39 is 0 Å². The van der Waals surface area contributed by atoms with Gasteiger partial charge in [0.1, 0.15) is 11.0 Å². The third-order valence-corrected chi connectivity index (χ3v) is 5.78. The van der Waals surface area contributed by atoms with Crippen molar-refractivity contribution in [3.63, 3.8) is 0 Å². The number of piperazine rings is 1. The van der Waals surface area contributed by atoms with Crippen molar-refractivity contribution in [3.05, 3.63) is 16.1 Å². The van der Waals surface area contributed by atoms with E-state index >= 15 is 0 Å². The second kappa shape index (κ2) is 5.23. The zero-order valence-electron chi connectivity index (χ0n) is 11.5. The summed E-state index contributed by atoms with van der Waals surface area (Å²) in [6, 6.07) is 1.80. The molecule has 21 heavy (non-hydrogen) atoms. The molecule has 2 heterocycles. The average Bonchev–Trinajstić information content (AvgIpc) is 3.09. The highest BCUT2D eigenvalue weighted by molar-refractivity contribution is 7.00. The zero-order chi connectivity index (χ0) is 14.4. The van der Waals surface area contributed by atoms with E-state index in [1.807, 2.05) is 0 Å². The molecule has 7 heteroatoms. The first-order valence-electron chi connectivity index (χ1n) is 7.29. The van der Waals surface area contributed by atoms with Gasteiger partial charge in [-0.05, 0) is 18.9 Å². The average molecular weight is 343 g/mol. The number of hydrogen-bond acceptors (Lipinski definition) is 5. The monoisotopic (exact) mass is 342 g/mol. The molecule has 112 valence electrons. The van der Waals surface area contributed by atoms with Crippen LogP contribution in [0.2, 0.25) is 10.0 Å². The van der Waals surface area contributed by atoms with Crippen LogP contribution in [-0.4, -0.2) is 33.9 Å². The Kier molecular flexibility index (Phi) is 3.49. The molecule has 1 aliphatic carbocycles. The molecule has 2 fully saturated rings. The predicted molar refractivity (Wildman–Crippen MR) is 88.8 cm³/mol. The van der Waals surface area contributed by atoms with E-state index in [2.05, 4.69) is 19.0 Å². The maximum absolute atomic E-state index is 6.48. The Labute approximate surface area is 137 Å². The van der Waals surface area contributed by atoms with Crippen LogP contribution in [0.1, 0.15) is 25.7 Å². The molecule has 1 saturated heterocycles. The zero-order valence-corrected chi connectivity index (χ0v) is 13.9. The standard InChI is InChI=1S/C14H16Cl2N4S/c15-9-7-10(16)13(12-11(9)18-21-19-12)20-6-5-17-14(8-20)3-1-2-4-14/h7,17H,1-6,8H2. The van der Waals surface area contributed by atoms with Gasteiger partial charge in [0.25, 0.3) is 0 Å². The van der Waals surface area contributed by atoms with Gasteiger partial charge in [0.05, 0.1) is 27.5 Å². The van der Waals surface area contributed by atoms with Gasteiger partial charge in [-0.1, -0.05) is 36.0 Å². The quantitative estimate of drug-likeness (QED) is 0.857. The molecule has 1 aromatic carbocycles. The fourth-order valence-electron chi connectivity index (χ4n) is 3.70. The van der Waals surface area contributed by atoms with Crippen molar-refractivity contribution in [2.45, 2.75) is 31.2 Å². The van der Waals surface area contributed by atoms with Crippen molar-refractivity contribution in [2.75, 3.05) is 24.5 Å². The summed E-state index contributed by atoms with van der Waals surface area (Å²) < 4.78 is 8.73. The van der Waals surface area contributed by atoms with Crippen LogP contribution >= 0.6 is 34.9 Å². The molecule has 1 spiro atoms. The van der Waals surface area contributed by atoms with Crippen LogP contribution in [0.15, 0.2) is 6.07 Å². The molecule has 0 radical (unpaired) electrons. The molecule has 1 saturated carbocycles. The summed E-state index contributed by atoms with van der Waals surface area (Å²) in [4.78, 5) is 2.37. The van der Waals surface area contributed by atoms with Gasteiger partial charge >= 0.3 is 0 Å². The van der Waals surface area contributed by atoms with Crippen molar-refractivity contribution in [1.82, 2.24) is 14.1 Å². The highest BCUT2D eigenvalue weighted by Crippen LogP contribution is 2.40. The van der Waals surface area contributed by atoms with Gasteiger partial charge in [-0.15, -0.1) is 0 Å². The molecule has 0 atom stereocenters. The number of halogens is 2. The van der Waals surface area contributed by atoms with Crippen molar-refractivity contribution in [1.29, 1.82) is 0 Å². The van der Waals surface area contributed by atoms with Crippen molar-refractivity contribution >= 4 is 51.7 Å². The maximum Gasteiger partial charge on any atom is 0.131 e. The summed E-state index contributed by atoms with van der Waals surface area (Å²) in [5.74, 6) is 0. The largest absolute Gasteiger partial charge is 0.365 e. The maximum atomic E-state index is 6.48. The summed E-state index contributed by atoms with van der Waals surface area (Å²) in [5.41, 5.74) is 2.85. The molecule has 1 aliphatic heterocycles. The van der Waals surface area contributed by atoms with Crippen LogP contribution in [0.4, 0.5) is 5.69 Å². The van der Waals surface area contributed by atoms with Gasteiger partial charge in [0, 0.05) is 25.2 Å². The van der Waals surface area contributed by atoms with Gasteiger partial charge in [0.15, 0.2) is 0 Å². The third kappa shape index (κ3) is 2.31. The summed E-state index contributed by atoms with van der Waals surface area (Å²) in [6.45, 7) is 2.91. The molecule has 0 amide bonds. The molecule has 0 unspecified atom stereocenters. The number of nitrogens with zero attached hydrogens (tertiary/aromatic N) is 3. The highest BCUT2D eigenvalue weighted by atomic mass is 35.5. The van der Waals surface area contributed by atoms with E-state index in [1.54, 1.807) is 6.07 Å². The van der Waals surface area contributed by atoms with Crippen LogP contribution in [0.3, 0.4) is 0 Å². The van der Waals surface area contributed by atoms with Gasteiger partial charge in [0.2, 0.25) is 0 Å². The molecule has 2 aliphatic rings. The van der Waals surface area contributed by atoms with E-state index in [4.69, 9.17) is 23.2 Å². The van der Waals surface area contributed by atoms with Gasteiger partial charge in [-0.25, -0.2) is 0 Å². The number of anilines is 1. The first kappa shape index (κ1) is 14.0. The van der Waals surface area contributed by atoms with Gasteiger partial charge in [-0.2, -0.15) is 8.75 Å². The Morgan fingerprint density at radius 1 is 1.14 bits per heavy atom. The minimum absolute atomic E-state index is 0.247. The van der Waals surface area contributed by atoms with Crippen LogP contribution < -0.4 is 10.2 Å². The first-order valence-corrected chi connectivity index (χ1v) is 8.77. The Balaban J connectivity index is 1.77. The van der Waals surface area contributed by atoms with Crippen LogP contribution in [-0.2, 0) is 0 Å². The van der Waals surface area contributed by atoms with E-state index in [1.165, 1.54) is 37.4 Å². The van der Waals surface area contributed by atoms with Crippen molar-refractivity contribution in [2.24, 2.45) is 0 Å². The van der Waals surface area contributed by atoms with Crippen molar-refractivity contribution < 1.29 is 0 Å². The second-order valence-corrected chi connectivity index (χ2v) is 7.33. The van der Waals surface area contributed by atoms with Gasteiger partial charge in [-0.3, -0.25) is 0 Å². The lowest BCUT2D eigenvalue weighted by Crippen LogP contribution is -2.59. The van der Waals surface area contributed by atoms with Gasteiger partial charge < -0.3 is 10.2 Å². The summed E-state index contributed by atoms with van der Waals surface area (Å²) in [5, 5.41) is 4.98. The molecular weight excluding hydrogens is 327 g/mol. The lowest BCUT2D eigenvalue weighted by Gasteiger charge is -2.43. The Morgan fingerprint density at radius 3 is 2.71 bits per heavy atom. The minimum atomic E-state index is 0.247. The molecule has 4 rings (SSSR count). The highest BCUT2D eigenvalue weighted by Gasteiger charge is 2.38. The number of fused-ring (bicyclic) bond motifs is 1. The number of nitrogens with one attached hydrogen (secondary N) is 1. The number of benzene rings is 1. The summed E-state index contributed by atoms with van der Waals surface area (Å²) in [7, 11) is 0.